The number of rotatable bonds is 3. The Bertz CT molecular complexity index is 755. The Morgan fingerprint density at radius 3 is 2.75 bits per heavy atom. The zero-order chi connectivity index (χ0) is 14.1. The summed E-state index contributed by atoms with van der Waals surface area (Å²) in [5.74, 6) is -0.721. The van der Waals surface area contributed by atoms with E-state index in [4.69, 9.17) is 9.15 Å². The summed E-state index contributed by atoms with van der Waals surface area (Å²) in [7, 11) is 1.33. The number of fused-ring (bicyclic) bond motifs is 1. The first-order chi connectivity index (χ1) is 9.69. The zero-order valence-electron chi connectivity index (χ0n) is 10.8. The van der Waals surface area contributed by atoms with Gasteiger partial charge in [-0.15, -0.1) is 0 Å². The highest BCUT2D eigenvalue weighted by Gasteiger charge is 2.17. The molecule has 1 aromatic carbocycles. The molecule has 0 bridgehead atoms. The van der Waals surface area contributed by atoms with Crippen LogP contribution in [0, 0.1) is 5.82 Å². The maximum Gasteiger partial charge on any atom is 0.354 e. The number of carbonyl (C=O) groups is 1. The molecule has 2 aromatic heterocycles. The number of carbonyl (C=O) groups excluding carboxylic acids is 1. The smallest absolute Gasteiger partial charge is 0.354 e. The van der Waals surface area contributed by atoms with Gasteiger partial charge in [0.2, 0.25) is 0 Å². The Kier molecular flexibility index (Phi) is 3.02. The predicted molar refractivity (Wildman–Crippen MR) is 71.0 cm³/mol. The number of benzene rings is 1. The van der Waals surface area contributed by atoms with Gasteiger partial charge >= 0.3 is 5.97 Å². The third kappa shape index (κ3) is 2.07. The van der Waals surface area contributed by atoms with Crippen molar-refractivity contribution in [3.8, 4) is 0 Å². The minimum absolute atomic E-state index is 0.289. The lowest BCUT2D eigenvalue weighted by Crippen LogP contribution is -2.11. The van der Waals surface area contributed by atoms with Gasteiger partial charge in [-0.25, -0.2) is 9.18 Å². The third-order valence-electron chi connectivity index (χ3n) is 3.17. The molecule has 0 saturated heterocycles. The normalized spacial score (nSPS) is 10.9. The number of aromatic nitrogens is 1. The van der Waals surface area contributed by atoms with E-state index >= 15 is 0 Å². The van der Waals surface area contributed by atoms with E-state index in [1.807, 2.05) is 0 Å². The van der Waals surface area contributed by atoms with Gasteiger partial charge in [0.15, 0.2) is 5.58 Å². The van der Waals surface area contributed by atoms with Gasteiger partial charge in [0.1, 0.15) is 11.5 Å². The van der Waals surface area contributed by atoms with E-state index in [1.165, 1.54) is 19.2 Å². The molecule has 3 rings (SSSR count). The van der Waals surface area contributed by atoms with Crippen LogP contribution in [0.1, 0.15) is 16.1 Å². The van der Waals surface area contributed by atoms with Crippen LogP contribution in [0.25, 0.3) is 11.1 Å². The summed E-state index contributed by atoms with van der Waals surface area (Å²) in [5.41, 5.74) is 2.71. The van der Waals surface area contributed by atoms with Crippen molar-refractivity contribution in [2.24, 2.45) is 0 Å². The Hall–Kier alpha value is -2.56. The van der Waals surface area contributed by atoms with Crippen LogP contribution in [0.3, 0.4) is 0 Å². The van der Waals surface area contributed by atoms with E-state index in [9.17, 15) is 9.18 Å². The van der Waals surface area contributed by atoms with Crippen molar-refractivity contribution < 1.29 is 18.3 Å². The molecule has 0 amide bonds. The molecule has 0 saturated carbocycles. The molecule has 20 heavy (non-hydrogen) atoms. The fourth-order valence-corrected chi connectivity index (χ4v) is 2.19. The lowest BCUT2D eigenvalue weighted by molar-refractivity contribution is 0.0589. The Labute approximate surface area is 114 Å². The fourth-order valence-electron chi connectivity index (χ4n) is 2.19. The molecule has 0 aliphatic heterocycles. The number of ether oxygens (including phenoxy) is 1. The highest BCUT2D eigenvalue weighted by Crippen LogP contribution is 2.23. The van der Waals surface area contributed by atoms with E-state index in [0.29, 0.717) is 17.8 Å². The maximum absolute atomic E-state index is 12.9. The van der Waals surface area contributed by atoms with Crippen LogP contribution in [0.2, 0.25) is 0 Å². The fraction of sp³-hybridized carbons (Fsp3) is 0.133. The molecule has 2 heterocycles. The van der Waals surface area contributed by atoms with Crippen LogP contribution in [0.4, 0.5) is 4.39 Å². The van der Waals surface area contributed by atoms with Crippen molar-refractivity contribution in [2.75, 3.05) is 7.11 Å². The van der Waals surface area contributed by atoms with Crippen molar-refractivity contribution in [2.45, 2.75) is 6.54 Å². The molecule has 0 aliphatic carbocycles. The molecule has 0 N–H and O–H groups in total. The highest BCUT2D eigenvalue weighted by atomic mass is 19.1. The van der Waals surface area contributed by atoms with Gasteiger partial charge in [-0.2, -0.15) is 0 Å². The Balaban J connectivity index is 2.06. The third-order valence-corrected chi connectivity index (χ3v) is 3.17. The Morgan fingerprint density at radius 2 is 2.05 bits per heavy atom. The molecule has 0 spiro atoms. The van der Waals surface area contributed by atoms with Gasteiger partial charge in [0.25, 0.3) is 0 Å². The largest absolute Gasteiger partial charge is 0.464 e. The van der Waals surface area contributed by atoms with Crippen molar-refractivity contribution in [3.05, 3.63) is 59.7 Å². The van der Waals surface area contributed by atoms with E-state index in [1.54, 1.807) is 35.1 Å². The summed E-state index contributed by atoms with van der Waals surface area (Å²) >= 11 is 0. The molecule has 0 atom stereocenters. The van der Waals surface area contributed by atoms with Gasteiger partial charge in [-0.05, 0) is 17.7 Å². The second kappa shape index (κ2) is 4.85. The first kappa shape index (κ1) is 12.5. The monoisotopic (exact) mass is 273 g/mol. The molecular formula is C15H12FNO3. The van der Waals surface area contributed by atoms with Gasteiger partial charge in [0.05, 0.1) is 18.9 Å². The van der Waals surface area contributed by atoms with Gasteiger partial charge in [-0.1, -0.05) is 12.1 Å². The summed E-state index contributed by atoms with van der Waals surface area (Å²) in [6, 6.07) is 9.58. The van der Waals surface area contributed by atoms with Gasteiger partial charge in [0, 0.05) is 18.7 Å². The number of furan rings is 1. The first-order valence-electron chi connectivity index (χ1n) is 6.08. The van der Waals surface area contributed by atoms with Gasteiger partial charge in [-0.3, -0.25) is 0 Å². The summed E-state index contributed by atoms with van der Waals surface area (Å²) in [4.78, 5) is 11.8. The summed E-state index contributed by atoms with van der Waals surface area (Å²) < 4.78 is 24.8. The van der Waals surface area contributed by atoms with Crippen LogP contribution in [0.5, 0.6) is 0 Å². The number of esters is 1. The molecule has 102 valence electrons. The van der Waals surface area contributed by atoms with Crippen molar-refractivity contribution in [3.63, 3.8) is 0 Å². The molecular weight excluding hydrogens is 261 g/mol. The number of hydrogen-bond donors (Lipinski definition) is 0. The zero-order valence-corrected chi connectivity index (χ0v) is 10.8. The maximum atomic E-state index is 12.9. The molecule has 0 aliphatic rings. The molecule has 0 unspecified atom stereocenters. The molecule has 5 heteroatoms. The van der Waals surface area contributed by atoms with Crippen LogP contribution in [0.15, 0.2) is 47.1 Å². The molecule has 0 radical (unpaired) electrons. The minimum atomic E-state index is -0.432. The van der Waals surface area contributed by atoms with E-state index < -0.39 is 5.97 Å². The van der Waals surface area contributed by atoms with Crippen molar-refractivity contribution in [1.82, 2.24) is 4.57 Å². The molecule has 4 nitrogen and oxygen atoms in total. The van der Waals surface area contributed by atoms with Crippen LogP contribution >= 0.6 is 0 Å². The Morgan fingerprint density at radius 1 is 1.30 bits per heavy atom. The average Bonchev–Trinajstić information content (AvgIpc) is 3.03. The van der Waals surface area contributed by atoms with Crippen LogP contribution in [-0.4, -0.2) is 17.6 Å². The summed E-state index contributed by atoms with van der Waals surface area (Å²) in [5, 5.41) is 0. The predicted octanol–water partition coefficient (Wildman–Crippen LogP) is 3.21. The van der Waals surface area contributed by atoms with Gasteiger partial charge < -0.3 is 13.7 Å². The van der Waals surface area contributed by atoms with Crippen LogP contribution in [-0.2, 0) is 11.3 Å². The summed E-state index contributed by atoms with van der Waals surface area (Å²) in [6.07, 6.45) is 1.56. The average molecular weight is 273 g/mol. The van der Waals surface area contributed by atoms with Crippen LogP contribution < -0.4 is 0 Å². The molecule has 0 fully saturated rings. The SMILES string of the molecule is COC(=O)c1cc2occc2n1Cc1ccc(F)cc1. The number of hydrogen-bond acceptors (Lipinski definition) is 3. The van der Waals surface area contributed by atoms with Crippen molar-refractivity contribution >= 4 is 17.1 Å². The lowest BCUT2D eigenvalue weighted by Gasteiger charge is -2.08. The van der Waals surface area contributed by atoms with E-state index in [2.05, 4.69) is 0 Å². The topological polar surface area (TPSA) is 44.4 Å². The lowest BCUT2D eigenvalue weighted by atomic mass is 10.2. The standard InChI is InChI=1S/C15H12FNO3/c1-19-15(18)13-8-14-12(6-7-20-14)17(13)9-10-2-4-11(16)5-3-10/h2-8H,9H2,1H3. The second-order valence-electron chi connectivity index (χ2n) is 4.40. The quantitative estimate of drug-likeness (QED) is 0.688. The molecule has 3 aromatic rings. The van der Waals surface area contributed by atoms with E-state index in [0.717, 1.165) is 11.1 Å². The van der Waals surface area contributed by atoms with Crippen molar-refractivity contribution in [1.29, 1.82) is 0 Å². The number of halogens is 1. The first-order valence-corrected chi connectivity index (χ1v) is 6.08. The highest BCUT2D eigenvalue weighted by molar-refractivity contribution is 5.94. The second-order valence-corrected chi connectivity index (χ2v) is 4.40. The summed E-state index contributed by atoms with van der Waals surface area (Å²) in [6.45, 7) is 0.438. The number of nitrogens with zero attached hydrogens (tertiary/aromatic N) is 1. The van der Waals surface area contributed by atoms with E-state index in [-0.39, 0.29) is 5.82 Å². The minimum Gasteiger partial charge on any atom is -0.464 e. The number of methoxy groups -OCH3 is 1.